The Morgan fingerprint density at radius 2 is 1.76 bits per heavy atom. The van der Waals surface area contributed by atoms with E-state index in [-0.39, 0.29) is 5.04 Å². The lowest BCUT2D eigenvalue weighted by Crippen LogP contribution is -2.43. The van der Waals surface area contributed by atoms with Crippen LogP contribution in [0.5, 0.6) is 0 Å². The highest BCUT2D eigenvalue weighted by molar-refractivity contribution is 7.87. The van der Waals surface area contributed by atoms with Crippen LogP contribution in [0.2, 0.25) is 18.1 Å². The number of halogens is 3. The van der Waals surface area contributed by atoms with Gasteiger partial charge in [-0.1, -0.05) is 44.9 Å². The molecule has 0 amide bonds. The maximum atomic E-state index is 12.4. The minimum absolute atomic E-state index is 0.156. The molecule has 12 heteroatoms. The molecule has 0 aliphatic heterocycles. The second kappa shape index (κ2) is 7.97. The maximum Gasteiger partial charge on any atom is 0.523 e. The number of azide groups is 1. The number of methoxy groups -OCH3 is 1. The van der Waals surface area contributed by atoms with E-state index in [1.54, 1.807) is 0 Å². The lowest BCUT2D eigenvalue weighted by atomic mass is 10.1. The van der Waals surface area contributed by atoms with Crippen LogP contribution in [-0.2, 0) is 19.0 Å². The molecule has 0 heterocycles. The molecule has 0 aliphatic carbocycles. The average molecular weight is 401 g/mol. The van der Waals surface area contributed by atoms with Gasteiger partial charge in [-0.25, -0.2) is 0 Å². The minimum atomic E-state index is -5.82. The summed E-state index contributed by atoms with van der Waals surface area (Å²) >= 11 is 0. The van der Waals surface area contributed by atoms with E-state index >= 15 is 0 Å². The van der Waals surface area contributed by atoms with Crippen LogP contribution in [0, 0.1) is 11.5 Å². The third-order valence-electron chi connectivity index (χ3n) is 3.99. The van der Waals surface area contributed by atoms with Crippen molar-refractivity contribution in [3.63, 3.8) is 0 Å². The molecule has 0 spiro atoms. The first-order valence-electron chi connectivity index (χ1n) is 7.10. The van der Waals surface area contributed by atoms with Gasteiger partial charge in [0.05, 0.1) is 6.54 Å². The van der Waals surface area contributed by atoms with Gasteiger partial charge in [-0.3, -0.25) is 4.18 Å². The Balaban J connectivity index is 5.82. The van der Waals surface area contributed by atoms with Gasteiger partial charge < -0.3 is 4.74 Å². The topological polar surface area (TPSA) is 101 Å². The first-order valence-corrected chi connectivity index (χ1v) is 11.5. The van der Waals surface area contributed by atoms with E-state index in [4.69, 9.17) is 10.3 Å². The molecule has 1 atom stereocenters. The fourth-order valence-corrected chi connectivity index (χ4v) is 2.53. The van der Waals surface area contributed by atoms with Crippen LogP contribution in [0.25, 0.3) is 10.4 Å². The summed E-state index contributed by atoms with van der Waals surface area (Å²) in [5.74, 6) is 2.66. The van der Waals surface area contributed by atoms with Gasteiger partial charge in [0.15, 0.2) is 5.60 Å². The molecule has 0 saturated heterocycles. The molecule has 0 N–H and O–H groups in total. The maximum absolute atomic E-state index is 12.4. The van der Waals surface area contributed by atoms with E-state index in [2.05, 4.69) is 25.7 Å². The molecule has 0 bridgehead atoms. The van der Waals surface area contributed by atoms with Crippen LogP contribution in [0.3, 0.4) is 0 Å². The summed E-state index contributed by atoms with van der Waals surface area (Å²) in [5.41, 5.74) is 4.09. The highest BCUT2D eigenvalue weighted by atomic mass is 32.2. The predicted molar refractivity (Wildman–Crippen MR) is 89.7 cm³/mol. The molecule has 1 unspecified atom stereocenters. The SMILES string of the molecule is COC(C#C[Si](C)(C)C(C)(C)C)(CN=[N+]=[N-])COS(=O)(=O)C(F)(F)F. The number of rotatable bonds is 6. The van der Waals surface area contributed by atoms with Crippen molar-refractivity contribution >= 4 is 18.2 Å². The molecule has 7 nitrogen and oxygen atoms in total. The molecule has 0 aromatic heterocycles. The van der Waals surface area contributed by atoms with Crippen molar-refractivity contribution in [2.75, 3.05) is 20.3 Å². The Morgan fingerprint density at radius 1 is 1.24 bits per heavy atom. The Bertz CT molecular complexity index is 686. The summed E-state index contributed by atoms with van der Waals surface area (Å²) in [6, 6.07) is 0. The van der Waals surface area contributed by atoms with Crippen LogP contribution < -0.4 is 0 Å². The van der Waals surface area contributed by atoms with Crippen LogP contribution in [0.15, 0.2) is 5.11 Å². The summed E-state index contributed by atoms with van der Waals surface area (Å²) in [6.07, 6.45) is 0. The van der Waals surface area contributed by atoms with Gasteiger partial charge in [0.1, 0.15) is 14.7 Å². The van der Waals surface area contributed by atoms with E-state index in [0.717, 1.165) is 7.11 Å². The Morgan fingerprint density at radius 3 is 2.12 bits per heavy atom. The van der Waals surface area contributed by atoms with E-state index in [1.807, 2.05) is 33.9 Å². The first-order chi connectivity index (χ1) is 11.0. The second-order valence-corrected chi connectivity index (χ2v) is 13.5. The largest absolute Gasteiger partial charge is 0.523 e. The molecule has 0 radical (unpaired) electrons. The van der Waals surface area contributed by atoms with Gasteiger partial charge in [-0.15, -0.1) is 5.54 Å². The number of nitrogens with zero attached hydrogens (tertiary/aromatic N) is 3. The Kier molecular flexibility index (Phi) is 7.57. The molecule has 0 rings (SSSR count). The van der Waals surface area contributed by atoms with Crippen molar-refractivity contribution in [3.8, 4) is 11.5 Å². The fourth-order valence-electron chi connectivity index (χ4n) is 1.14. The normalized spacial score (nSPS) is 15.6. The summed E-state index contributed by atoms with van der Waals surface area (Å²) in [7, 11) is -6.88. The summed E-state index contributed by atoms with van der Waals surface area (Å²) < 4.78 is 68.6. The number of ether oxygens (including phenoxy) is 1. The molecule has 0 aromatic rings. The van der Waals surface area contributed by atoms with Gasteiger partial charge in [-0.05, 0) is 10.6 Å². The van der Waals surface area contributed by atoms with Crippen molar-refractivity contribution in [1.82, 2.24) is 0 Å². The number of hydrogen-bond donors (Lipinski definition) is 0. The van der Waals surface area contributed by atoms with Gasteiger partial charge in [0.25, 0.3) is 0 Å². The fraction of sp³-hybridized carbons (Fsp3) is 0.846. The monoisotopic (exact) mass is 401 g/mol. The van der Waals surface area contributed by atoms with E-state index in [9.17, 15) is 21.6 Å². The van der Waals surface area contributed by atoms with Crippen molar-refractivity contribution in [2.24, 2.45) is 5.11 Å². The first kappa shape index (κ1) is 23.7. The predicted octanol–water partition coefficient (Wildman–Crippen LogP) is 3.60. The second-order valence-electron chi connectivity index (χ2n) is 6.87. The zero-order valence-corrected chi connectivity index (χ0v) is 16.7. The average Bonchev–Trinajstić information content (AvgIpc) is 2.45. The van der Waals surface area contributed by atoms with Crippen LogP contribution in [0.1, 0.15) is 20.8 Å². The van der Waals surface area contributed by atoms with Crippen LogP contribution >= 0.6 is 0 Å². The lowest BCUT2D eigenvalue weighted by molar-refractivity contribution is -0.0607. The molecule has 0 aliphatic rings. The number of alkyl halides is 3. The van der Waals surface area contributed by atoms with Crippen LogP contribution in [-0.4, -0.2) is 47.9 Å². The third kappa shape index (κ3) is 6.52. The molecular weight excluding hydrogens is 379 g/mol. The minimum Gasteiger partial charge on any atom is -0.363 e. The van der Waals surface area contributed by atoms with Gasteiger partial charge in [-0.2, -0.15) is 21.6 Å². The Labute approximate surface area is 146 Å². The Hall–Kier alpha value is -1.25. The molecule has 0 fully saturated rings. The van der Waals surface area contributed by atoms with Crippen molar-refractivity contribution < 1.29 is 30.5 Å². The summed E-state index contributed by atoms with van der Waals surface area (Å²) in [4.78, 5) is 2.52. The standard InChI is InChI=1S/C13H22F3N3O4SSi/c1-11(2,3)25(5,6)8-7-12(22-4,9-18-19-17)10-23-24(20,21)13(14,15)16/h9-10H2,1-6H3. The quantitative estimate of drug-likeness (QED) is 0.129. The van der Waals surface area contributed by atoms with E-state index in [0.29, 0.717) is 0 Å². The third-order valence-corrected chi connectivity index (χ3v) is 9.48. The summed E-state index contributed by atoms with van der Waals surface area (Å²) in [5, 5.41) is 3.10. The van der Waals surface area contributed by atoms with E-state index < -0.39 is 42.5 Å². The highest BCUT2D eigenvalue weighted by Gasteiger charge is 2.48. The molecule has 144 valence electrons. The molecule has 25 heavy (non-hydrogen) atoms. The van der Waals surface area contributed by atoms with Crippen molar-refractivity contribution in [1.29, 1.82) is 0 Å². The molecular formula is C13H22F3N3O4SSi. The molecule has 0 saturated carbocycles. The van der Waals surface area contributed by atoms with Gasteiger partial charge >= 0.3 is 15.6 Å². The number of hydrogen-bond acceptors (Lipinski definition) is 5. The van der Waals surface area contributed by atoms with E-state index in [1.165, 1.54) is 0 Å². The van der Waals surface area contributed by atoms with Gasteiger partial charge in [0.2, 0.25) is 0 Å². The zero-order chi connectivity index (χ0) is 20.2. The van der Waals surface area contributed by atoms with Crippen molar-refractivity contribution in [3.05, 3.63) is 10.4 Å². The van der Waals surface area contributed by atoms with Gasteiger partial charge in [0, 0.05) is 12.0 Å². The summed E-state index contributed by atoms with van der Waals surface area (Å²) in [6.45, 7) is 8.25. The highest BCUT2D eigenvalue weighted by Crippen LogP contribution is 2.35. The zero-order valence-electron chi connectivity index (χ0n) is 14.9. The van der Waals surface area contributed by atoms with Crippen molar-refractivity contribution in [2.45, 2.75) is 50.0 Å². The van der Waals surface area contributed by atoms with Crippen LogP contribution in [0.4, 0.5) is 13.2 Å². The smallest absolute Gasteiger partial charge is 0.363 e. The molecule has 0 aromatic carbocycles. The lowest BCUT2D eigenvalue weighted by Gasteiger charge is -2.32.